The van der Waals surface area contributed by atoms with Crippen molar-refractivity contribution in [2.75, 3.05) is 11.4 Å². The minimum absolute atomic E-state index is 0.0968. The van der Waals surface area contributed by atoms with Crippen molar-refractivity contribution in [3.8, 4) is 11.1 Å². The molecule has 1 aliphatic heterocycles. The number of anilines is 1. The Bertz CT molecular complexity index is 1370. The van der Waals surface area contributed by atoms with Crippen LogP contribution in [0.5, 0.6) is 0 Å². The summed E-state index contributed by atoms with van der Waals surface area (Å²) in [4.78, 5) is 24.9. The average Bonchev–Trinajstić information content (AvgIpc) is 3.52. The van der Waals surface area contributed by atoms with Crippen LogP contribution >= 0.6 is 0 Å². The van der Waals surface area contributed by atoms with Gasteiger partial charge in [-0.15, -0.1) is 0 Å². The zero-order valence-electron chi connectivity index (χ0n) is 23.8. The van der Waals surface area contributed by atoms with Gasteiger partial charge < -0.3 is 14.5 Å². The van der Waals surface area contributed by atoms with E-state index in [2.05, 4.69) is 15.1 Å². The van der Waals surface area contributed by atoms with Crippen LogP contribution in [-0.2, 0) is 30.7 Å². The average molecular weight is 599 g/mol. The quantitative estimate of drug-likeness (QED) is 0.294. The van der Waals surface area contributed by atoms with Crippen molar-refractivity contribution in [3.63, 3.8) is 0 Å². The Morgan fingerprint density at radius 2 is 1.57 bits per heavy atom. The maximum absolute atomic E-state index is 13.6. The first-order valence-corrected chi connectivity index (χ1v) is 13.3. The minimum atomic E-state index is -4.99. The number of nitrogens with zero attached hydrogens (tertiary/aromatic N) is 6. The molecule has 228 valence electrons. The molecule has 14 heteroatoms. The van der Waals surface area contributed by atoms with E-state index in [-0.39, 0.29) is 36.7 Å². The fourth-order valence-electron chi connectivity index (χ4n) is 4.91. The Balaban J connectivity index is 1.74. The monoisotopic (exact) mass is 598 g/mol. The number of carbonyl (C=O) groups excluding carboxylic acids is 1. The number of likely N-dealkylation sites (tertiary alicyclic amines) is 1. The summed E-state index contributed by atoms with van der Waals surface area (Å²) in [7, 11) is 1.74. The van der Waals surface area contributed by atoms with Crippen molar-refractivity contribution in [2.45, 2.75) is 77.1 Å². The molecule has 0 saturated carbocycles. The largest absolute Gasteiger partial charge is 0.444 e. The maximum atomic E-state index is 13.6. The minimum Gasteiger partial charge on any atom is -0.444 e. The molecule has 3 heterocycles. The molecule has 0 aliphatic carbocycles. The maximum Gasteiger partial charge on any atom is 0.416 e. The standard InChI is InChI=1S/C28H32F6N6O2/c1-6-22-10-23(16-40(22)25(41)42-26(2,3)4)39(24-35-11-18(12-36-24)19-13-37-38(5)15-19)14-17-7-20(27(29,30)31)9-21(8-17)28(32,33)34/h7-9,11-13,15,22-23H,6,10,14,16H2,1-5H3/t22-,23?/m1/s1. The van der Waals surface area contributed by atoms with Crippen molar-refractivity contribution in [1.29, 1.82) is 0 Å². The summed E-state index contributed by atoms with van der Waals surface area (Å²) >= 11 is 0. The van der Waals surface area contributed by atoms with E-state index in [1.807, 2.05) is 6.92 Å². The van der Waals surface area contributed by atoms with E-state index in [9.17, 15) is 31.1 Å². The number of aryl methyl sites for hydroxylation is 1. The van der Waals surface area contributed by atoms with Crippen LogP contribution in [0.3, 0.4) is 0 Å². The van der Waals surface area contributed by atoms with E-state index in [4.69, 9.17) is 4.74 Å². The summed E-state index contributed by atoms with van der Waals surface area (Å²) in [6.07, 6.45) is -3.20. The van der Waals surface area contributed by atoms with Gasteiger partial charge in [0.25, 0.3) is 0 Å². The number of ether oxygens (including phenoxy) is 1. The molecule has 1 saturated heterocycles. The lowest BCUT2D eigenvalue weighted by Gasteiger charge is -2.30. The molecule has 2 aromatic heterocycles. The first kappa shape index (κ1) is 31.1. The third-order valence-corrected chi connectivity index (χ3v) is 6.87. The zero-order valence-corrected chi connectivity index (χ0v) is 23.8. The molecule has 1 amide bonds. The molecule has 0 bridgehead atoms. The number of carbonyl (C=O) groups is 1. The predicted molar refractivity (Wildman–Crippen MR) is 142 cm³/mol. The number of benzene rings is 1. The van der Waals surface area contributed by atoms with Gasteiger partial charge in [0.15, 0.2) is 0 Å². The number of hydrogen-bond donors (Lipinski definition) is 0. The van der Waals surface area contributed by atoms with Gasteiger partial charge in [-0.2, -0.15) is 31.4 Å². The van der Waals surface area contributed by atoms with Crippen molar-refractivity contribution >= 4 is 12.0 Å². The number of amides is 1. The highest BCUT2D eigenvalue weighted by Crippen LogP contribution is 2.37. The molecular formula is C28H32F6N6O2. The van der Waals surface area contributed by atoms with Crippen LogP contribution in [0.4, 0.5) is 37.1 Å². The lowest BCUT2D eigenvalue weighted by molar-refractivity contribution is -0.143. The number of aromatic nitrogens is 4. The second-order valence-corrected chi connectivity index (χ2v) is 11.3. The molecular weight excluding hydrogens is 566 g/mol. The van der Waals surface area contributed by atoms with Crippen molar-refractivity contribution in [3.05, 3.63) is 59.7 Å². The predicted octanol–water partition coefficient (Wildman–Crippen LogP) is 6.71. The Labute approximate surface area is 239 Å². The third kappa shape index (κ3) is 7.32. The van der Waals surface area contributed by atoms with E-state index in [0.717, 1.165) is 5.56 Å². The molecule has 8 nitrogen and oxygen atoms in total. The normalized spacial score (nSPS) is 17.9. The number of rotatable bonds is 6. The van der Waals surface area contributed by atoms with Crippen LogP contribution in [0.25, 0.3) is 11.1 Å². The topological polar surface area (TPSA) is 76.4 Å². The molecule has 2 atom stereocenters. The Kier molecular flexibility index (Phi) is 8.47. The van der Waals surface area contributed by atoms with Gasteiger partial charge >= 0.3 is 18.4 Å². The number of alkyl halides is 6. The van der Waals surface area contributed by atoms with Gasteiger partial charge in [-0.05, 0) is 57.4 Å². The van der Waals surface area contributed by atoms with E-state index in [1.54, 1.807) is 54.7 Å². The lowest BCUT2D eigenvalue weighted by Crippen LogP contribution is -2.42. The van der Waals surface area contributed by atoms with Crippen LogP contribution in [0.1, 0.15) is 57.2 Å². The highest BCUT2D eigenvalue weighted by molar-refractivity contribution is 5.69. The smallest absolute Gasteiger partial charge is 0.416 e. The molecule has 1 fully saturated rings. The molecule has 0 radical (unpaired) electrons. The van der Waals surface area contributed by atoms with E-state index in [1.165, 1.54) is 12.4 Å². The fourth-order valence-corrected chi connectivity index (χ4v) is 4.91. The van der Waals surface area contributed by atoms with E-state index >= 15 is 0 Å². The SMILES string of the molecule is CC[C@@H]1CC(N(Cc2cc(C(F)(F)F)cc(C(F)(F)F)c2)c2ncc(-c3cnn(C)c3)cn2)CN1C(=O)OC(C)(C)C. The Morgan fingerprint density at radius 3 is 2.05 bits per heavy atom. The van der Waals surface area contributed by atoms with Crippen LogP contribution in [0.15, 0.2) is 43.0 Å². The molecule has 1 unspecified atom stereocenters. The number of halogens is 6. The van der Waals surface area contributed by atoms with Crippen molar-refractivity contribution in [2.24, 2.45) is 7.05 Å². The summed E-state index contributed by atoms with van der Waals surface area (Å²) in [5.74, 6) is 0.0968. The highest BCUT2D eigenvalue weighted by Gasteiger charge is 2.41. The van der Waals surface area contributed by atoms with Crippen LogP contribution < -0.4 is 4.90 Å². The molecule has 0 N–H and O–H groups in total. The second kappa shape index (κ2) is 11.4. The van der Waals surface area contributed by atoms with Crippen molar-refractivity contribution < 1.29 is 35.9 Å². The first-order valence-electron chi connectivity index (χ1n) is 13.3. The lowest BCUT2D eigenvalue weighted by atomic mass is 10.0. The van der Waals surface area contributed by atoms with Crippen LogP contribution in [-0.4, -0.2) is 55.0 Å². The molecule has 1 aliphatic rings. The summed E-state index contributed by atoms with van der Waals surface area (Å²) in [5, 5.41) is 4.11. The van der Waals surface area contributed by atoms with Gasteiger partial charge in [0.05, 0.1) is 23.4 Å². The summed E-state index contributed by atoms with van der Waals surface area (Å²) in [6, 6.07) is 0.707. The van der Waals surface area contributed by atoms with Gasteiger partial charge in [0.2, 0.25) is 5.95 Å². The summed E-state index contributed by atoms with van der Waals surface area (Å²) < 4.78 is 88.8. The third-order valence-electron chi connectivity index (χ3n) is 6.87. The van der Waals surface area contributed by atoms with Crippen LogP contribution in [0.2, 0.25) is 0 Å². The molecule has 3 aromatic rings. The van der Waals surface area contributed by atoms with E-state index in [0.29, 0.717) is 30.5 Å². The van der Waals surface area contributed by atoms with Crippen LogP contribution in [0, 0.1) is 0 Å². The van der Waals surface area contributed by atoms with Gasteiger partial charge in [-0.25, -0.2) is 14.8 Å². The first-order chi connectivity index (χ1) is 19.4. The summed E-state index contributed by atoms with van der Waals surface area (Å²) in [6.45, 7) is 6.84. The molecule has 4 rings (SSSR count). The Hall–Kier alpha value is -3.84. The molecule has 1 aromatic carbocycles. The molecule has 42 heavy (non-hydrogen) atoms. The highest BCUT2D eigenvalue weighted by atomic mass is 19.4. The van der Waals surface area contributed by atoms with Gasteiger partial charge in [0, 0.05) is 55.9 Å². The van der Waals surface area contributed by atoms with E-state index < -0.39 is 41.2 Å². The van der Waals surface area contributed by atoms with Crippen molar-refractivity contribution in [1.82, 2.24) is 24.6 Å². The number of hydrogen-bond acceptors (Lipinski definition) is 6. The molecule has 0 spiro atoms. The second-order valence-electron chi connectivity index (χ2n) is 11.3. The Morgan fingerprint density at radius 1 is 0.976 bits per heavy atom. The zero-order chi connectivity index (χ0) is 31.0. The van der Waals surface area contributed by atoms with Gasteiger partial charge in [-0.3, -0.25) is 4.68 Å². The van der Waals surface area contributed by atoms with Gasteiger partial charge in [-0.1, -0.05) is 6.92 Å². The fraction of sp³-hybridized carbons (Fsp3) is 0.500. The summed E-state index contributed by atoms with van der Waals surface area (Å²) in [5.41, 5.74) is -2.45. The van der Waals surface area contributed by atoms with Gasteiger partial charge in [0.1, 0.15) is 5.60 Å².